The fourth-order valence-corrected chi connectivity index (χ4v) is 3.80. The van der Waals surface area contributed by atoms with Crippen LogP contribution in [0, 0.1) is 5.82 Å². The lowest BCUT2D eigenvalue weighted by molar-refractivity contribution is 0.0270. The number of nitrogens with one attached hydrogen (secondary N) is 1. The van der Waals surface area contributed by atoms with E-state index in [1.807, 2.05) is 37.4 Å². The minimum absolute atomic E-state index is 0.239. The summed E-state index contributed by atoms with van der Waals surface area (Å²) in [5, 5.41) is 13.9. The van der Waals surface area contributed by atoms with Crippen molar-refractivity contribution in [1.29, 1.82) is 0 Å². The summed E-state index contributed by atoms with van der Waals surface area (Å²) in [7, 11) is 0. The van der Waals surface area contributed by atoms with Crippen LogP contribution in [0.2, 0.25) is 0 Å². The fraction of sp³-hybridized carbons (Fsp3) is 0.304. The molecule has 0 bridgehead atoms. The maximum Gasteiger partial charge on any atom is 0.410 e. The molecular weight excluding hydrogens is 453 g/mol. The van der Waals surface area contributed by atoms with Crippen LogP contribution < -0.4 is 5.32 Å². The second-order valence-corrected chi connectivity index (χ2v) is 9.06. The van der Waals surface area contributed by atoms with E-state index in [4.69, 9.17) is 4.74 Å². The van der Waals surface area contributed by atoms with E-state index >= 15 is 0 Å². The van der Waals surface area contributed by atoms with E-state index in [2.05, 4.69) is 30.8 Å². The summed E-state index contributed by atoms with van der Waals surface area (Å²) in [4.78, 5) is 23.0. The number of benzene rings is 1. The Kier molecular flexibility index (Phi) is 5.63. The van der Waals surface area contributed by atoms with Crippen molar-refractivity contribution in [2.45, 2.75) is 32.8 Å². The van der Waals surface area contributed by atoms with Crippen molar-refractivity contribution >= 4 is 28.7 Å². The average molecular weight is 478 g/mol. The van der Waals surface area contributed by atoms with Crippen LogP contribution in [0.15, 0.2) is 49.2 Å². The molecule has 0 fully saturated rings. The van der Waals surface area contributed by atoms with Crippen molar-refractivity contribution in [3.63, 3.8) is 0 Å². The van der Waals surface area contributed by atoms with Gasteiger partial charge in [-0.25, -0.2) is 19.2 Å². The number of ether oxygens (including phenoxy) is 1. The smallest absolute Gasteiger partial charge is 0.410 e. The molecule has 12 heteroatoms. The molecule has 0 saturated heterocycles. The molecule has 0 saturated carbocycles. The molecular formula is C23H24FN9O2. The average Bonchev–Trinajstić information content (AvgIpc) is 3.49. The van der Waals surface area contributed by atoms with Crippen LogP contribution >= 0.6 is 0 Å². The molecule has 1 amide bonds. The largest absolute Gasteiger partial charge is 0.444 e. The zero-order chi connectivity index (χ0) is 24.6. The Balaban J connectivity index is 1.36. The van der Waals surface area contributed by atoms with Crippen molar-refractivity contribution < 1.29 is 13.9 Å². The lowest BCUT2D eigenvalue weighted by Crippen LogP contribution is -2.39. The number of tetrazole rings is 1. The molecule has 4 aromatic rings. The lowest BCUT2D eigenvalue weighted by atomic mass is 10.1. The second-order valence-electron chi connectivity index (χ2n) is 9.06. The van der Waals surface area contributed by atoms with Gasteiger partial charge < -0.3 is 15.0 Å². The number of hydrogen-bond acceptors (Lipinski definition) is 8. The first-order valence-electron chi connectivity index (χ1n) is 11.1. The van der Waals surface area contributed by atoms with Crippen molar-refractivity contribution in [2.24, 2.45) is 0 Å². The maximum absolute atomic E-state index is 14.6. The van der Waals surface area contributed by atoms with Crippen LogP contribution in [-0.2, 0) is 4.74 Å². The molecule has 0 atom stereocenters. The Hall–Kier alpha value is -4.35. The molecule has 0 unspecified atom stereocenters. The number of carbonyl (C=O) groups is 1. The molecule has 0 aliphatic carbocycles. The third-order valence-corrected chi connectivity index (χ3v) is 5.41. The molecule has 4 heterocycles. The van der Waals surface area contributed by atoms with Gasteiger partial charge in [-0.2, -0.15) is 4.68 Å². The monoisotopic (exact) mass is 477 g/mol. The van der Waals surface area contributed by atoms with Crippen LogP contribution in [-0.4, -0.2) is 64.3 Å². The molecule has 11 nitrogen and oxygen atoms in total. The fourth-order valence-electron chi connectivity index (χ4n) is 3.80. The predicted octanol–water partition coefficient (Wildman–Crippen LogP) is 3.61. The number of nitrogens with zero attached hydrogens (tertiary/aromatic N) is 8. The molecule has 0 spiro atoms. The van der Waals surface area contributed by atoms with E-state index in [1.54, 1.807) is 29.4 Å². The van der Waals surface area contributed by atoms with Crippen LogP contribution in [0.1, 0.15) is 33.0 Å². The molecule has 1 N–H and O–H groups in total. The van der Waals surface area contributed by atoms with E-state index < -0.39 is 11.4 Å². The maximum atomic E-state index is 14.6. The summed E-state index contributed by atoms with van der Waals surface area (Å²) in [5.74, 6) is 0.826. The van der Waals surface area contributed by atoms with Crippen molar-refractivity contribution in [2.75, 3.05) is 18.4 Å². The number of rotatable bonds is 4. The Morgan fingerprint density at radius 3 is 2.77 bits per heavy atom. The van der Waals surface area contributed by atoms with E-state index in [1.165, 1.54) is 17.1 Å². The minimum atomic E-state index is -0.534. The first kappa shape index (κ1) is 22.4. The van der Waals surface area contributed by atoms with E-state index in [0.717, 1.165) is 16.9 Å². The molecule has 1 aliphatic heterocycles. The van der Waals surface area contributed by atoms with Gasteiger partial charge in [-0.1, -0.05) is 6.08 Å². The number of anilines is 2. The van der Waals surface area contributed by atoms with Gasteiger partial charge in [0, 0.05) is 31.2 Å². The minimum Gasteiger partial charge on any atom is -0.444 e. The molecule has 0 radical (unpaired) electrons. The van der Waals surface area contributed by atoms with Gasteiger partial charge >= 0.3 is 6.09 Å². The highest BCUT2D eigenvalue weighted by atomic mass is 19.1. The number of aromatic nitrogens is 7. The normalized spacial score (nSPS) is 14.2. The number of hydrogen-bond donors (Lipinski definition) is 1. The van der Waals surface area contributed by atoms with E-state index in [0.29, 0.717) is 31.0 Å². The SMILES string of the molecule is CC(C)(C)OC(=O)N1CC=C(c2ncc3c(Nc4ccc(-n5cnnn5)c(F)c4)nccn23)CC1. The first-order valence-corrected chi connectivity index (χ1v) is 11.1. The van der Waals surface area contributed by atoms with Crippen LogP contribution in [0.3, 0.4) is 0 Å². The Labute approximate surface area is 200 Å². The highest BCUT2D eigenvalue weighted by Gasteiger charge is 2.25. The molecule has 5 rings (SSSR count). The summed E-state index contributed by atoms with van der Waals surface area (Å²) < 4.78 is 23.3. The topological polar surface area (TPSA) is 115 Å². The van der Waals surface area contributed by atoms with Gasteiger partial charge in [-0.05, 0) is 61.4 Å². The number of carbonyl (C=O) groups excluding carboxylic acids is 1. The third kappa shape index (κ3) is 4.67. The van der Waals surface area contributed by atoms with Crippen molar-refractivity contribution in [3.8, 4) is 5.69 Å². The van der Waals surface area contributed by atoms with Crippen molar-refractivity contribution in [1.82, 2.24) is 39.5 Å². The van der Waals surface area contributed by atoms with Crippen LogP contribution in [0.25, 0.3) is 16.8 Å². The Morgan fingerprint density at radius 1 is 1.23 bits per heavy atom. The highest BCUT2D eigenvalue weighted by Crippen LogP contribution is 2.27. The summed E-state index contributed by atoms with van der Waals surface area (Å²) in [6, 6.07) is 4.66. The number of halogens is 1. The lowest BCUT2D eigenvalue weighted by Gasteiger charge is -2.29. The highest BCUT2D eigenvalue weighted by molar-refractivity contribution is 5.77. The van der Waals surface area contributed by atoms with Crippen LogP contribution in [0.4, 0.5) is 20.7 Å². The van der Waals surface area contributed by atoms with Gasteiger partial charge in [0.15, 0.2) is 11.6 Å². The van der Waals surface area contributed by atoms with Gasteiger partial charge in [0.1, 0.15) is 29.0 Å². The van der Waals surface area contributed by atoms with Gasteiger partial charge in [0.05, 0.1) is 6.20 Å². The number of imidazole rings is 1. The Bertz CT molecular complexity index is 1410. The van der Waals surface area contributed by atoms with E-state index in [-0.39, 0.29) is 11.8 Å². The first-order chi connectivity index (χ1) is 16.8. The summed E-state index contributed by atoms with van der Waals surface area (Å²) in [6.45, 7) is 6.54. The van der Waals surface area contributed by atoms with Gasteiger partial charge in [0.25, 0.3) is 0 Å². The van der Waals surface area contributed by atoms with Gasteiger partial charge in [0.2, 0.25) is 0 Å². The molecule has 1 aliphatic rings. The summed E-state index contributed by atoms with van der Waals surface area (Å²) in [5.41, 5.74) is 1.99. The molecule has 35 heavy (non-hydrogen) atoms. The van der Waals surface area contributed by atoms with Gasteiger partial charge in [-0.3, -0.25) is 4.40 Å². The second kappa shape index (κ2) is 8.78. The predicted molar refractivity (Wildman–Crippen MR) is 126 cm³/mol. The number of fused-ring (bicyclic) bond motifs is 1. The molecule has 1 aromatic carbocycles. The zero-order valence-electron chi connectivity index (χ0n) is 19.5. The zero-order valence-corrected chi connectivity index (χ0v) is 19.5. The summed E-state index contributed by atoms with van der Waals surface area (Å²) >= 11 is 0. The van der Waals surface area contributed by atoms with Crippen LogP contribution in [0.5, 0.6) is 0 Å². The molecule has 180 valence electrons. The molecule has 3 aromatic heterocycles. The van der Waals surface area contributed by atoms with Gasteiger partial charge in [-0.15, -0.1) is 5.10 Å². The van der Waals surface area contributed by atoms with Crippen molar-refractivity contribution in [3.05, 3.63) is 60.8 Å². The summed E-state index contributed by atoms with van der Waals surface area (Å²) in [6.07, 6.45) is 8.84. The number of amides is 1. The third-order valence-electron chi connectivity index (χ3n) is 5.41. The van der Waals surface area contributed by atoms with E-state index in [9.17, 15) is 9.18 Å². The Morgan fingerprint density at radius 2 is 2.09 bits per heavy atom. The standard InChI is InChI=1S/C23H24FN9O2/c1-23(2,3)35-22(34)31-9-6-15(7-10-31)21-26-13-19-20(25-8-11-32(19)21)28-16-4-5-18(17(24)12-16)33-14-27-29-30-33/h4-6,8,11-14H,7,9-10H2,1-3H3,(H,25,28). The quantitative estimate of drug-likeness (QED) is 0.474.